The number of nitrogens with zero attached hydrogens (tertiary/aromatic N) is 2. The van der Waals surface area contributed by atoms with Gasteiger partial charge in [0.2, 0.25) is 0 Å². The number of fused-ring (bicyclic) bond motifs is 1. The molecule has 0 aliphatic rings. The molecule has 0 saturated heterocycles. The van der Waals surface area contributed by atoms with E-state index in [1.54, 1.807) is 18.2 Å². The molecular formula is C15H11ClFN3. The van der Waals surface area contributed by atoms with Crippen LogP contribution in [0.5, 0.6) is 0 Å². The molecule has 1 aromatic heterocycles. The molecule has 0 atom stereocenters. The van der Waals surface area contributed by atoms with Crippen molar-refractivity contribution >= 4 is 28.3 Å². The molecule has 0 spiro atoms. The number of hydrogen-bond acceptors (Lipinski definition) is 3. The van der Waals surface area contributed by atoms with E-state index < -0.39 is 0 Å². The van der Waals surface area contributed by atoms with E-state index in [0.717, 1.165) is 10.9 Å². The molecule has 3 aromatic rings. The summed E-state index contributed by atoms with van der Waals surface area (Å²) in [5, 5.41) is 4.67. The first-order chi connectivity index (χ1) is 9.74. The van der Waals surface area contributed by atoms with Gasteiger partial charge < -0.3 is 5.32 Å². The zero-order chi connectivity index (χ0) is 13.9. The summed E-state index contributed by atoms with van der Waals surface area (Å²) >= 11 is 6.10. The molecule has 5 heteroatoms. The number of nitrogens with one attached hydrogen (secondary N) is 1. The van der Waals surface area contributed by atoms with Gasteiger partial charge in [-0.25, -0.2) is 14.4 Å². The largest absolute Gasteiger partial charge is 0.365 e. The zero-order valence-corrected chi connectivity index (χ0v) is 11.2. The van der Waals surface area contributed by atoms with Gasteiger partial charge in [0.1, 0.15) is 18.0 Å². The second kappa shape index (κ2) is 5.43. The number of aromatic nitrogens is 2. The van der Waals surface area contributed by atoms with Gasteiger partial charge in [0, 0.05) is 11.9 Å². The predicted molar refractivity (Wildman–Crippen MR) is 78.3 cm³/mol. The first kappa shape index (κ1) is 12.8. The Labute approximate surface area is 120 Å². The Morgan fingerprint density at radius 2 is 1.85 bits per heavy atom. The highest BCUT2D eigenvalue weighted by molar-refractivity contribution is 6.35. The minimum absolute atomic E-state index is 0.243. The molecule has 2 aromatic carbocycles. The van der Waals surface area contributed by atoms with Crippen molar-refractivity contribution in [3.05, 3.63) is 65.2 Å². The van der Waals surface area contributed by atoms with Gasteiger partial charge in [-0.1, -0.05) is 29.8 Å². The molecule has 1 N–H and O–H groups in total. The minimum atomic E-state index is -0.243. The van der Waals surface area contributed by atoms with Crippen LogP contribution in [0.25, 0.3) is 10.9 Å². The number of halogens is 2. The van der Waals surface area contributed by atoms with Crippen molar-refractivity contribution in [2.24, 2.45) is 0 Å². The third-order valence-corrected chi connectivity index (χ3v) is 3.29. The maximum atomic E-state index is 12.8. The first-order valence-electron chi connectivity index (χ1n) is 6.11. The molecule has 3 nitrogen and oxygen atoms in total. The van der Waals surface area contributed by atoms with Gasteiger partial charge in [0.25, 0.3) is 0 Å². The Morgan fingerprint density at radius 1 is 1.05 bits per heavy atom. The molecule has 0 aliphatic carbocycles. The molecule has 20 heavy (non-hydrogen) atoms. The van der Waals surface area contributed by atoms with Gasteiger partial charge in [-0.2, -0.15) is 0 Å². The molecule has 3 rings (SSSR count). The van der Waals surface area contributed by atoms with Crippen LogP contribution >= 0.6 is 11.6 Å². The molecule has 0 radical (unpaired) electrons. The second-order valence-corrected chi connectivity index (χ2v) is 4.75. The lowest BCUT2D eigenvalue weighted by Gasteiger charge is -2.08. The van der Waals surface area contributed by atoms with Crippen LogP contribution in [0.1, 0.15) is 5.56 Å². The summed E-state index contributed by atoms with van der Waals surface area (Å²) in [6, 6.07) is 11.9. The fraction of sp³-hybridized carbons (Fsp3) is 0.0667. The van der Waals surface area contributed by atoms with Crippen molar-refractivity contribution in [3.8, 4) is 0 Å². The lowest BCUT2D eigenvalue weighted by Crippen LogP contribution is -2.02. The summed E-state index contributed by atoms with van der Waals surface area (Å²) in [4.78, 5) is 8.40. The molecule has 0 amide bonds. The van der Waals surface area contributed by atoms with Gasteiger partial charge in [0.15, 0.2) is 0 Å². The van der Waals surface area contributed by atoms with E-state index in [0.29, 0.717) is 22.9 Å². The average Bonchev–Trinajstić information content (AvgIpc) is 2.47. The molecule has 0 saturated carbocycles. The normalized spacial score (nSPS) is 10.7. The van der Waals surface area contributed by atoms with Gasteiger partial charge in [-0.3, -0.25) is 0 Å². The summed E-state index contributed by atoms with van der Waals surface area (Å²) < 4.78 is 12.8. The number of benzene rings is 2. The summed E-state index contributed by atoms with van der Waals surface area (Å²) in [5.41, 5.74) is 1.69. The quantitative estimate of drug-likeness (QED) is 0.790. The van der Waals surface area contributed by atoms with E-state index >= 15 is 0 Å². The van der Waals surface area contributed by atoms with Gasteiger partial charge in [-0.05, 0) is 29.8 Å². The second-order valence-electron chi connectivity index (χ2n) is 4.34. The number of para-hydroxylation sites is 1. The SMILES string of the molecule is Fc1ccc(CNc2ncnc3c(Cl)cccc23)cc1. The molecule has 0 aliphatic heterocycles. The molecule has 0 bridgehead atoms. The highest BCUT2D eigenvalue weighted by atomic mass is 35.5. The highest BCUT2D eigenvalue weighted by Gasteiger charge is 2.05. The average molecular weight is 288 g/mol. The Morgan fingerprint density at radius 3 is 2.65 bits per heavy atom. The Hall–Kier alpha value is -2.20. The third kappa shape index (κ3) is 2.56. The van der Waals surface area contributed by atoms with Crippen molar-refractivity contribution < 1.29 is 4.39 Å². The van der Waals surface area contributed by atoms with Crippen molar-refractivity contribution in [2.75, 3.05) is 5.32 Å². The topological polar surface area (TPSA) is 37.8 Å². The van der Waals surface area contributed by atoms with Crippen LogP contribution in [0.3, 0.4) is 0 Å². The van der Waals surface area contributed by atoms with Gasteiger partial charge in [0.05, 0.1) is 10.5 Å². The molecule has 1 heterocycles. The maximum Gasteiger partial charge on any atom is 0.137 e. The fourth-order valence-electron chi connectivity index (χ4n) is 1.98. The number of rotatable bonds is 3. The highest BCUT2D eigenvalue weighted by Crippen LogP contribution is 2.25. The lowest BCUT2D eigenvalue weighted by molar-refractivity contribution is 0.627. The third-order valence-electron chi connectivity index (χ3n) is 2.99. The van der Waals surface area contributed by atoms with Crippen LogP contribution in [0.4, 0.5) is 10.2 Å². The minimum Gasteiger partial charge on any atom is -0.365 e. The molecular weight excluding hydrogens is 277 g/mol. The van der Waals surface area contributed by atoms with Crippen molar-refractivity contribution in [2.45, 2.75) is 6.54 Å². The van der Waals surface area contributed by atoms with E-state index in [1.165, 1.54) is 18.5 Å². The zero-order valence-electron chi connectivity index (χ0n) is 10.5. The lowest BCUT2D eigenvalue weighted by atomic mass is 10.2. The molecule has 0 unspecified atom stereocenters. The van der Waals surface area contributed by atoms with Crippen LogP contribution in [0, 0.1) is 5.82 Å². The maximum absolute atomic E-state index is 12.8. The summed E-state index contributed by atoms with van der Waals surface area (Å²) in [6.45, 7) is 0.554. The summed E-state index contributed by atoms with van der Waals surface area (Å²) in [7, 11) is 0. The Bertz CT molecular complexity index is 744. The first-order valence-corrected chi connectivity index (χ1v) is 6.49. The van der Waals surface area contributed by atoms with E-state index in [-0.39, 0.29) is 5.82 Å². The van der Waals surface area contributed by atoms with Gasteiger partial charge >= 0.3 is 0 Å². The Kier molecular flexibility index (Phi) is 3.48. The van der Waals surface area contributed by atoms with Crippen molar-refractivity contribution in [1.82, 2.24) is 9.97 Å². The molecule has 0 fully saturated rings. The van der Waals surface area contributed by atoms with Crippen LogP contribution in [-0.2, 0) is 6.54 Å². The number of anilines is 1. The summed E-state index contributed by atoms with van der Waals surface area (Å²) in [5.74, 6) is 0.467. The van der Waals surface area contributed by atoms with E-state index in [2.05, 4.69) is 15.3 Å². The van der Waals surface area contributed by atoms with Crippen LogP contribution in [0.2, 0.25) is 5.02 Å². The van der Waals surface area contributed by atoms with Crippen molar-refractivity contribution in [1.29, 1.82) is 0 Å². The molecule has 100 valence electrons. The summed E-state index contributed by atoms with van der Waals surface area (Å²) in [6.07, 6.45) is 1.47. The fourth-order valence-corrected chi connectivity index (χ4v) is 2.20. The number of hydrogen-bond donors (Lipinski definition) is 1. The van der Waals surface area contributed by atoms with Crippen LogP contribution < -0.4 is 5.32 Å². The van der Waals surface area contributed by atoms with E-state index in [1.807, 2.05) is 12.1 Å². The van der Waals surface area contributed by atoms with E-state index in [4.69, 9.17) is 11.6 Å². The van der Waals surface area contributed by atoms with E-state index in [9.17, 15) is 4.39 Å². The van der Waals surface area contributed by atoms with Crippen LogP contribution in [-0.4, -0.2) is 9.97 Å². The smallest absolute Gasteiger partial charge is 0.137 e. The van der Waals surface area contributed by atoms with Gasteiger partial charge in [-0.15, -0.1) is 0 Å². The van der Waals surface area contributed by atoms with Crippen molar-refractivity contribution in [3.63, 3.8) is 0 Å². The van der Waals surface area contributed by atoms with Crippen LogP contribution in [0.15, 0.2) is 48.8 Å². The standard InChI is InChI=1S/C15H11ClFN3/c16-13-3-1-2-12-14(13)19-9-20-15(12)18-8-10-4-6-11(17)7-5-10/h1-7,9H,8H2,(H,18,19,20). The Balaban J connectivity index is 1.88. The monoisotopic (exact) mass is 287 g/mol. The predicted octanol–water partition coefficient (Wildman–Crippen LogP) is 4.03.